The van der Waals surface area contributed by atoms with E-state index in [1.165, 1.54) is 0 Å². The monoisotopic (exact) mass is 310 g/mol. The smallest absolute Gasteiger partial charge is 0.118 e. The first-order valence-electron chi connectivity index (χ1n) is 7.34. The summed E-state index contributed by atoms with van der Waals surface area (Å²) >= 11 is 0. The van der Waals surface area contributed by atoms with E-state index in [0.717, 1.165) is 0 Å². The van der Waals surface area contributed by atoms with Gasteiger partial charge in [0, 0.05) is 27.1 Å². The van der Waals surface area contributed by atoms with Crippen molar-refractivity contribution in [3.05, 3.63) is 0 Å². The number of hydrogen-bond donors (Lipinski definition) is 2. The third-order valence-corrected chi connectivity index (χ3v) is 3.77. The Hall–Kier alpha value is -1.18. The van der Waals surface area contributed by atoms with E-state index in [-0.39, 0.29) is 0 Å². The fourth-order valence-corrected chi connectivity index (χ4v) is 2.35. The van der Waals surface area contributed by atoms with Crippen molar-refractivity contribution in [1.82, 2.24) is 10.9 Å². The molecule has 0 aromatic rings. The van der Waals surface area contributed by atoms with E-state index >= 15 is 0 Å². The molecule has 0 fully saturated rings. The van der Waals surface area contributed by atoms with Gasteiger partial charge >= 0.3 is 0 Å². The molecule has 0 amide bonds. The molecule has 0 saturated carbocycles. The molecule has 0 rings (SSSR count). The van der Waals surface area contributed by atoms with Crippen LogP contribution in [0, 0.1) is 22.7 Å². The maximum absolute atomic E-state index is 9.48. The molecule has 126 valence electrons. The van der Waals surface area contributed by atoms with Crippen LogP contribution in [0.4, 0.5) is 0 Å². The van der Waals surface area contributed by atoms with Gasteiger partial charge in [0.15, 0.2) is 0 Å². The van der Waals surface area contributed by atoms with Crippen molar-refractivity contribution < 1.29 is 9.47 Å². The maximum atomic E-state index is 9.48. The van der Waals surface area contributed by atoms with Crippen molar-refractivity contribution in [1.29, 1.82) is 10.5 Å². The molecule has 0 aliphatic rings. The molecule has 0 spiro atoms. The Kier molecular flexibility index (Phi) is 6.99. The second-order valence-corrected chi connectivity index (χ2v) is 7.42. The Morgan fingerprint density at radius 3 is 1.18 bits per heavy atom. The highest BCUT2D eigenvalue weighted by Gasteiger charge is 2.37. The highest BCUT2D eigenvalue weighted by molar-refractivity contribution is 5.10. The summed E-state index contributed by atoms with van der Waals surface area (Å²) in [7, 11) is 3.23. The van der Waals surface area contributed by atoms with E-state index in [1.807, 2.05) is 27.7 Å². The fraction of sp³-hybridized carbons (Fsp3) is 0.875. The van der Waals surface area contributed by atoms with Crippen LogP contribution in [-0.2, 0) is 9.47 Å². The fourth-order valence-electron chi connectivity index (χ4n) is 2.35. The maximum Gasteiger partial charge on any atom is 0.118 e. The molecule has 0 heterocycles. The Morgan fingerprint density at radius 1 is 0.727 bits per heavy atom. The largest absolute Gasteiger partial charge is 0.379 e. The number of ether oxygens (including phenoxy) is 2. The zero-order chi connectivity index (χ0) is 17.7. The summed E-state index contributed by atoms with van der Waals surface area (Å²) in [6, 6.07) is 4.50. The average Bonchev–Trinajstić information content (AvgIpc) is 2.44. The third-order valence-electron chi connectivity index (χ3n) is 3.77. The molecule has 2 atom stereocenters. The topological polar surface area (TPSA) is 90.1 Å². The van der Waals surface area contributed by atoms with Crippen molar-refractivity contribution in [2.24, 2.45) is 0 Å². The van der Waals surface area contributed by atoms with Crippen LogP contribution in [0.25, 0.3) is 0 Å². The van der Waals surface area contributed by atoms with Gasteiger partial charge in [-0.25, -0.2) is 10.9 Å². The molecular formula is C16H30N4O2. The van der Waals surface area contributed by atoms with E-state index in [0.29, 0.717) is 12.8 Å². The zero-order valence-corrected chi connectivity index (χ0v) is 15.1. The van der Waals surface area contributed by atoms with E-state index < -0.39 is 22.3 Å². The number of nitrogens with zero attached hydrogens (tertiary/aromatic N) is 2. The van der Waals surface area contributed by atoms with Gasteiger partial charge in [-0.3, -0.25) is 0 Å². The lowest BCUT2D eigenvalue weighted by molar-refractivity contribution is -0.0109. The van der Waals surface area contributed by atoms with Crippen LogP contribution in [0.1, 0.15) is 54.4 Å². The lowest BCUT2D eigenvalue weighted by Gasteiger charge is -2.37. The lowest BCUT2D eigenvalue weighted by atomic mass is 9.88. The summed E-state index contributed by atoms with van der Waals surface area (Å²) in [5.74, 6) is 0. The van der Waals surface area contributed by atoms with Gasteiger partial charge in [0.1, 0.15) is 11.1 Å². The standard InChI is InChI=1S/C16H30N4O2/c1-13(2,21-7)9-15(5,11-17)19-20-16(6,12-18)10-14(3,4)22-8/h19-20H,9-10H2,1-8H3. The van der Waals surface area contributed by atoms with E-state index in [9.17, 15) is 10.5 Å². The predicted molar refractivity (Wildman–Crippen MR) is 85.7 cm³/mol. The molecule has 0 aliphatic heterocycles. The van der Waals surface area contributed by atoms with E-state index in [1.54, 1.807) is 28.1 Å². The minimum atomic E-state index is -0.866. The molecule has 0 bridgehead atoms. The van der Waals surface area contributed by atoms with Gasteiger partial charge in [0.05, 0.1) is 23.3 Å². The van der Waals surface area contributed by atoms with Gasteiger partial charge in [0.2, 0.25) is 0 Å². The molecule has 2 N–H and O–H groups in total. The SMILES string of the molecule is COC(C)(C)CC(C)(C#N)NNC(C)(C#N)CC(C)(C)OC. The van der Waals surface area contributed by atoms with Crippen LogP contribution in [0.3, 0.4) is 0 Å². The number of rotatable bonds is 9. The highest BCUT2D eigenvalue weighted by Crippen LogP contribution is 2.25. The minimum Gasteiger partial charge on any atom is -0.379 e. The van der Waals surface area contributed by atoms with Gasteiger partial charge in [0.25, 0.3) is 0 Å². The first-order chi connectivity index (χ1) is 9.86. The molecule has 6 nitrogen and oxygen atoms in total. The van der Waals surface area contributed by atoms with Crippen LogP contribution >= 0.6 is 0 Å². The van der Waals surface area contributed by atoms with Crippen LogP contribution in [-0.4, -0.2) is 36.5 Å². The second kappa shape index (κ2) is 7.39. The number of nitriles is 2. The van der Waals surface area contributed by atoms with Gasteiger partial charge in [-0.1, -0.05) is 0 Å². The van der Waals surface area contributed by atoms with Crippen molar-refractivity contribution in [2.45, 2.75) is 76.7 Å². The van der Waals surface area contributed by atoms with Crippen LogP contribution in [0.2, 0.25) is 0 Å². The van der Waals surface area contributed by atoms with Gasteiger partial charge in [-0.15, -0.1) is 0 Å². The summed E-state index contributed by atoms with van der Waals surface area (Å²) < 4.78 is 10.8. The normalized spacial score (nSPS) is 17.9. The number of hydrazine groups is 1. The molecule has 0 aromatic carbocycles. The van der Waals surface area contributed by atoms with E-state index in [4.69, 9.17) is 9.47 Å². The molecule has 0 radical (unpaired) electrons. The molecule has 0 saturated heterocycles. The molecular weight excluding hydrogens is 280 g/mol. The predicted octanol–water partition coefficient (Wildman–Crippen LogP) is 2.28. The number of hydrogen-bond acceptors (Lipinski definition) is 6. The summed E-state index contributed by atoms with van der Waals surface area (Å²) in [6.07, 6.45) is 0.935. The Bertz CT molecular complexity index is 408. The number of nitrogens with one attached hydrogen (secondary N) is 2. The van der Waals surface area contributed by atoms with Crippen LogP contribution in [0.15, 0.2) is 0 Å². The van der Waals surface area contributed by atoms with Crippen molar-refractivity contribution >= 4 is 0 Å². The van der Waals surface area contributed by atoms with Gasteiger partial charge < -0.3 is 9.47 Å². The minimum absolute atomic E-state index is 0.450. The van der Waals surface area contributed by atoms with E-state index in [2.05, 4.69) is 23.0 Å². The quantitative estimate of drug-likeness (QED) is 0.635. The van der Waals surface area contributed by atoms with Crippen molar-refractivity contribution in [3.8, 4) is 12.1 Å². The molecule has 22 heavy (non-hydrogen) atoms. The van der Waals surface area contributed by atoms with Crippen LogP contribution in [0.5, 0.6) is 0 Å². The Morgan fingerprint density at radius 2 is 1.00 bits per heavy atom. The zero-order valence-electron chi connectivity index (χ0n) is 15.1. The molecule has 0 aromatic heterocycles. The van der Waals surface area contributed by atoms with Gasteiger partial charge in [-0.05, 0) is 41.5 Å². The summed E-state index contributed by atoms with van der Waals surface area (Å²) in [5, 5.41) is 19.0. The number of methoxy groups -OCH3 is 2. The first kappa shape index (κ1) is 20.8. The Labute approximate surface area is 134 Å². The average molecular weight is 310 g/mol. The Balaban J connectivity index is 4.99. The van der Waals surface area contributed by atoms with Crippen molar-refractivity contribution in [3.63, 3.8) is 0 Å². The summed E-state index contributed by atoms with van der Waals surface area (Å²) in [4.78, 5) is 0. The second-order valence-electron chi connectivity index (χ2n) is 7.42. The van der Waals surface area contributed by atoms with Crippen molar-refractivity contribution in [2.75, 3.05) is 14.2 Å². The third kappa shape index (κ3) is 6.72. The van der Waals surface area contributed by atoms with Gasteiger partial charge in [-0.2, -0.15) is 10.5 Å². The van der Waals surface area contributed by atoms with Crippen LogP contribution < -0.4 is 10.9 Å². The highest BCUT2D eigenvalue weighted by atomic mass is 16.5. The molecule has 6 heteroatoms. The summed E-state index contributed by atoms with van der Waals surface area (Å²) in [6.45, 7) is 11.2. The first-order valence-corrected chi connectivity index (χ1v) is 7.34. The summed E-state index contributed by atoms with van der Waals surface area (Å²) in [5.41, 5.74) is 3.38. The molecule has 0 aliphatic carbocycles. The molecule has 2 unspecified atom stereocenters. The lowest BCUT2D eigenvalue weighted by Crippen LogP contribution is -2.61.